The summed E-state index contributed by atoms with van der Waals surface area (Å²) in [4.78, 5) is 25.2. The number of hydrogen-bond donors (Lipinski definition) is 2. The minimum Gasteiger partial charge on any atom is -0.349 e. The lowest BCUT2D eigenvalue weighted by molar-refractivity contribution is 0.0951. The molecule has 0 aliphatic heterocycles. The maximum Gasteiger partial charge on any atom is 0.256 e. The van der Waals surface area contributed by atoms with Gasteiger partial charge < -0.3 is 10.6 Å². The number of thioether (sulfide) groups is 1. The predicted octanol–water partition coefficient (Wildman–Crippen LogP) is 3.43. The van der Waals surface area contributed by atoms with Crippen LogP contribution in [0.4, 0.5) is 16.0 Å². The molecule has 25 heavy (non-hydrogen) atoms. The van der Waals surface area contributed by atoms with E-state index in [1.807, 2.05) is 6.26 Å². The summed E-state index contributed by atoms with van der Waals surface area (Å²) in [5, 5.41) is 6.49. The third-order valence-electron chi connectivity index (χ3n) is 3.71. The van der Waals surface area contributed by atoms with Crippen molar-refractivity contribution < 1.29 is 9.18 Å². The highest BCUT2D eigenvalue weighted by Gasteiger charge is 2.26. The van der Waals surface area contributed by atoms with Gasteiger partial charge in [-0.15, -0.1) is 0 Å². The number of pyridine rings is 1. The van der Waals surface area contributed by atoms with Gasteiger partial charge in [0.2, 0.25) is 0 Å². The zero-order chi connectivity index (χ0) is 18.0. The zero-order valence-electron chi connectivity index (χ0n) is 14.3. The molecule has 0 saturated heterocycles. The summed E-state index contributed by atoms with van der Waals surface area (Å²) < 4.78 is 14.1. The van der Waals surface area contributed by atoms with Crippen molar-refractivity contribution in [3.05, 3.63) is 35.7 Å². The van der Waals surface area contributed by atoms with E-state index in [4.69, 9.17) is 0 Å². The van der Waals surface area contributed by atoms with E-state index in [-0.39, 0.29) is 11.9 Å². The molecule has 0 spiro atoms. The van der Waals surface area contributed by atoms with Crippen LogP contribution < -0.4 is 10.6 Å². The molecule has 6 nitrogen and oxygen atoms in total. The lowest BCUT2D eigenvalue weighted by Gasteiger charge is -2.16. The molecule has 8 heteroatoms. The second kappa shape index (κ2) is 6.95. The molecular formula is C17H20FN5OS. The van der Waals surface area contributed by atoms with Crippen molar-refractivity contribution in [1.82, 2.24) is 20.3 Å². The number of anilines is 2. The molecule has 2 heterocycles. The number of carbonyl (C=O) groups is 1. The molecule has 0 bridgehead atoms. The summed E-state index contributed by atoms with van der Waals surface area (Å²) in [6, 6.07) is 5.28. The highest BCUT2D eigenvalue weighted by molar-refractivity contribution is 7.98. The van der Waals surface area contributed by atoms with Crippen LogP contribution in [0.15, 0.2) is 29.6 Å². The molecule has 3 rings (SSSR count). The first-order valence-corrected chi connectivity index (χ1v) is 9.24. The normalized spacial score (nSPS) is 14.2. The Morgan fingerprint density at radius 3 is 2.72 bits per heavy atom. The van der Waals surface area contributed by atoms with Crippen LogP contribution in [0.1, 0.15) is 42.7 Å². The molecule has 1 saturated carbocycles. The first-order chi connectivity index (χ1) is 11.9. The first-order valence-electron chi connectivity index (χ1n) is 8.02. The van der Waals surface area contributed by atoms with Crippen LogP contribution in [0.3, 0.4) is 0 Å². The number of amides is 1. The molecule has 0 unspecified atom stereocenters. The van der Waals surface area contributed by atoms with Crippen LogP contribution in [-0.4, -0.2) is 33.2 Å². The van der Waals surface area contributed by atoms with E-state index in [0.717, 1.165) is 12.8 Å². The molecule has 0 aromatic carbocycles. The van der Waals surface area contributed by atoms with E-state index in [1.54, 1.807) is 18.2 Å². The van der Waals surface area contributed by atoms with Crippen LogP contribution >= 0.6 is 11.8 Å². The zero-order valence-corrected chi connectivity index (χ0v) is 15.2. The monoisotopic (exact) mass is 361 g/mol. The SMILES string of the molecule is CSc1ncc(C(=O)NC2CC2)c(Nc2cccc(C(C)(C)F)n2)n1. The Kier molecular flexibility index (Phi) is 4.89. The molecule has 0 radical (unpaired) electrons. The second-order valence-electron chi connectivity index (χ2n) is 6.37. The van der Waals surface area contributed by atoms with Crippen molar-refractivity contribution in [2.45, 2.75) is 43.6 Å². The number of nitrogens with one attached hydrogen (secondary N) is 2. The van der Waals surface area contributed by atoms with Gasteiger partial charge in [0.05, 0.1) is 5.69 Å². The number of aromatic nitrogens is 3. The standard InChI is InChI=1S/C17H20FN5OS/c1-17(2,18)12-5-4-6-13(21-12)22-14-11(9-19-16(23-14)25-3)15(24)20-10-7-8-10/h4-6,9-10H,7-8H2,1-3H3,(H,20,24)(H,19,21,22,23). The highest BCUT2D eigenvalue weighted by Crippen LogP contribution is 2.26. The van der Waals surface area contributed by atoms with Gasteiger partial charge in [0.25, 0.3) is 5.91 Å². The maximum absolute atomic E-state index is 14.1. The van der Waals surface area contributed by atoms with Crippen LogP contribution in [0, 0.1) is 0 Å². The minimum absolute atomic E-state index is 0.223. The molecule has 0 atom stereocenters. The van der Waals surface area contributed by atoms with Gasteiger partial charge in [-0.3, -0.25) is 4.79 Å². The van der Waals surface area contributed by atoms with Crippen LogP contribution in [-0.2, 0) is 5.67 Å². The van der Waals surface area contributed by atoms with Crippen molar-refractivity contribution in [2.75, 3.05) is 11.6 Å². The Morgan fingerprint density at radius 2 is 2.08 bits per heavy atom. The van der Waals surface area contributed by atoms with E-state index in [2.05, 4.69) is 25.6 Å². The largest absolute Gasteiger partial charge is 0.349 e. The van der Waals surface area contributed by atoms with Gasteiger partial charge in [0.15, 0.2) is 5.16 Å². The third kappa shape index (κ3) is 4.45. The van der Waals surface area contributed by atoms with Crippen molar-refractivity contribution in [3.63, 3.8) is 0 Å². The maximum atomic E-state index is 14.1. The average Bonchev–Trinajstić information content (AvgIpc) is 3.38. The fourth-order valence-electron chi connectivity index (χ4n) is 2.17. The fourth-order valence-corrected chi connectivity index (χ4v) is 2.51. The van der Waals surface area contributed by atoms with Crippen LogP contribution in [0.5, 0.6) is 0 Å². The van der Waals surface area contributed by atoms with Crippen molar-refractivity contribution >= 4 is 29.3 Å². The first kappa shape index (κ1) is 17.6. The number of alkyl halides is 1. The highest BCUT2D eigenvalue weighted by atomic mass is 32.2. The van der Waals surface area contributed by atoms with E-state index in [9.17, 15) is 9.18 Å². The van der Waals surface area contributed by atoms with Gasteiger partial charge in [-0.1, -0.05) is 17.8 Å². The van der Waals surface area contributed by atoms with E-state index >= 15 is 0 Å². The van der Waals surface area contributed by atoms with E-state index in [1.165, 1.54) is 31.8 Å². The quantitative estimate of drug-likeness (QED) is 0.606. The van der Waals surface area contributed by atoms with Gasteiger partial charge in [0.1, 0.15) is 22.9 Å². The lowest BCUT2D eigenvalue weighted by Crippen LogP contribution is -2.26. The summed E-state index contributed by atoms with van der Waals surface area (Å²) >= 11 is 1.37. The van der Waals surface area contributed by atoms with Gasteiger partial charge in [-0.25, -0.2) is 19.3 Å². The summed E-state index contributed by atoms with van der Waals surface area (Å²) in [5.41, 5.74) is -0.906. The van der Waals surface area contributed by atoms with Crippen molar-refractivity contribution in [2.24, 2.45) is 0 Å². The average molecular weight is 361 g/mol. The van der Waals surface area contributed by atoms with E-state index in [0.29, 0.717) is 28.0 Å². The Hall–Kier alpha value is -2.22. The minimum atomic E-state index is -1.56. The Balaban J connectivity index is 1.91. The van der Waals surface area contributed by atoms with Gasteiger partial charge in [-0.05, 0) is 45.1 Å². The number of nitrogens with zero attached hydrogens (tertiary/aromatic N) is 3. The third-order valence-corrected chi connectivity index (χ3v) is 4.27. The second-order valence-corrected chi connectivity index (χ2v) is 7.15. The van der Waals surface area contributed by atoms with Crippen molar-refractivity contribution in [1.29, 1.82) is 0 Å². The Labute approximate surface area is 150 Å². The Morgan fingerprint density at radius 1 is 1.32 bits per heavy atom. The molecule has 2 aromatic rings. The van der Waals surface area contributed by atoms with Crippen molar-refractivity contribution in [3.8, 4) is 0 Å². The number of rotatable bonds is 6. The fraction of sp³-hybridized carbons (Fsp3) is 0.412. The molecule has 2 N–H and O–H groups in total. The van der Waals surface area contributed by atoms with Gasteiger partial charge in [0, 0.05) is 12.2 Å². The topological polar surface area (TPSA) is 79.8 Å². The number of hydrogen-bond acceptors (Lipinski definition) is 6. The molecule has 1 aliphatic carbocycles. The smallest absolute Gasteiger partial charge is 0.256 e. The molecule has 2 aromatic heterocycles. The lowest BCUT2D eigenvalue weighted by atomic mass is 10.1. The molecule has 1 fully saturated rings. The van der Waals surface area contributed by atoms with Crippen LogP contribution in [0.25, 0.3) is 0 Å². The van der Waals surface area contributed by atoms with Crippen LogP contribution in [0.2, 0.25) is 0 Å². The Bertz CT molecular complexity index is 789. The van der Waals surface area contributed by atoms with Gasteiger partial charge in [-0.2, -0.15) is 0 Å². The van der Waals surface area contributed by atoms with Gasteiger partial charge >= 0.3 is 0 Å². The number of halogens is 1. The molecule has 1 amide bonds. The molecule has 132 valence electrons. The summed E-state index contributed by atoms with van der Waals surface area (Å²) in [6.07, 6.45) is 5.34. The summed E-state index contributed by atoms with van der Waals surface area (Å²) in [6.45, 7) is 2.90. The number of carbonyl (C=O) groups excluding carboxylic acids is 1. The van der Waals surface area contributed by atoms with E-state index < -0.39 is 5.67 Å². The predicted molar refractivity (Wildman–Crippen MR) is 96.0 cm³/mol. The summed E-state index contributed by atoms with van der Waals surface area (Å²) in [7, 11) is 0. The molecule has 1 aliphatic rings. The summed E-state index contributed by atoms with van der Waals surface area (Å²) in [5.74, 6) is 0.563. The molecular weight excluding hydrogens is 341 g/mol.